The summed E-state index contributed by atoms with van der Waals surface area (Å²) in [7, 11) is 0. The molecule has 2 spiro atoms. The zero-order valence-electron chi connectivity index (χ0n) is 36.5. The highest BCUT2D eigenvalue weighted by molar-refractivity contribution is 5.96. The molecule has 16 rings (SSSR count). The second kappa shape index (κ2) is 12.3. The van der Waals surface area contributed by atoms with E-state index in [4.69, 9.17) is 9.47 Å². The van der Waals surface area contributed by atoms with E-state index in [1.807, 2.05) is 0 Å². The Hall–Kier alpha value is -8.40. The molecule has 0 amide bonds. The number of hydrogen-bond donors (Lipinski definition) is 0. The molecule has 2 atom stereocenters. The van der Waals surface area contributed by atoms with Crippen molar-refractivity contribution in [2.24, 2.45) is 0 Å². The van der Waals surface area contributed by atoms with Gasteiger partial charge in [0.05, 0.1) is 10.8 Å². The fourth-order valence-electron chi connectivity index (χ4n) is 13.8. The number of ether oxygens (including phenoxy) is 2. The van der Waals surface area contributed by atoms with E-state index in [9.17, 15) is 0 Å². The second-order valence-corrected chi connectivity index (χ2v) is 19.2. The average molecular weight is 854 g/mol. The standard InChI is InChI=1S/C64H39NO2/c1-62-47-18-5-2-15-41(47)44-32-29-38(35-55(44)62)65(39-30-33-45-42-16-3-6-19-48(42)63(56(45)36-39)50-21-8-11-26-58(50)66-59-27-12-9-22-51(59)63)40-31-34-46-43-17-4-7-20-49(43)64(57(46)37-40)52-23-10-13-28-60(52)67-61-53(62)24-14-25-54(61)64/h2-37H,1H3. The van der Waals surface area contributed by atoms with Gasteiger partial charge in [-0.3, -0.25) is 0 Å². The van der Waals surface area contributed by atoms with Crippen LogP contribution < -0.4 is 14.4 Å². The third-order valence-electron chi connectivity index (χ3n) is 16.4. The van der Waals surface area contributed by atoms with Gasteiger partial charge in [-0.25, -0.2) is 0 Å². The predicted octanol–water partition coefficient (Wildman–Crippen LogP) is 15.7. The molecule has 10 aromatic carbocycles. The van der Waals surface area contributed by atoms with Gasteiger partial charge in [0.2, 0.25) is 0 Å². The Balaban J connectivity index is 1.04. The van der Waals surface area contributed by atoms with E-state index in [1.54, 1.807) is 0 Å². The Kier molecular flexibility index (Phi) is 6.58. The first-order valence-corrected chi connectivity index (χ1v) is 23.4. The molecule has 312 valence electrons. The molecule has 3 nitrogen and oxygen atoms in total. The van der Waals surface area contributed by atoms with Crippen molar-refractivity contribution >= 4 is 17.1 Å². The largest absolute Gasteiger partial charge is 0.457 e. The van der Waals surface area contributed by atoms with Gasteiger partial charge in [-0.1, -0.05) is 164 Å². The number of para-hydroxylation sites is 4. The molecule has 10 aromatic rings. The van der Waals surface area contributed by atoms with Gasteiger partial charge in [0.25, 0.3) is 0 Å². The molecular weight excluding hydrogens is 815 g/mol. The summed E-state index contributed by atoms with van der Waals surface area (Å²) in [4.78, 5) is 2.52. The van der Waals surface area contributed by atoms with Gasteiger partial charge in [-0.05, 0) is 128 Å². The van der Waals surface area contributed by atoms with Gasteiger partial charge in [0.15, 0.2) is 0 Å². The smallest absolute Gasteiger partial charge is 0.136 e. The third-order valence-corrected chi connectivity index (χ3v) is 16.4. The highest BCUT2D eigenvalue weighted by atomic mass is 16.5. The van der Waals surface area contributed by atoms with Crippen LogP contribution in [0, 0.1) is 0 Å². The van der Waals surface area contributed by atoms with Crippen molar-refractivity contribution in [3.05, 3.63) is 280 Å². The molecule has 2 unspecified atom stereocenters. The maximum atomic E-state index is 7.32. The van der Waals surface area contributed by atoms with Crippen LogP contribution in [0.4, 0.5) is 17.1 Å². The normalized spacial score (nSPS) is 19.0. The molecule has 0 saturated heterocycles. The molecular formula is C64H39NO2. The molecule has 67 heavy (non-hydrogen) atoms. The topological polar surface area (TPSA) is 21.7 Å². The van der Waals surface area contributed by atoms with Crippen LogP contribution in [-0.4, -0.2) is 0 Å². The van der Waals surface area contributed by atoms with Crippen molar-refractivity contribution in [3.8, 4) is 56.4 Å². The van der Waals surface area contributed by atoms with Gasteiger partial charge >= 0.3 is 0 Å². The number of hydrogen-bond acceptors (Lipinski definition) is 3. The Bertz CT molecular complexity index is 3830. The molecule has 3 aliphatic carbocycles. The molecule has 3 aliphatic heterocycles. The quantitative estimate of drug-likeness (QED) is 0.164. The predicted molar refractivity (Wildman–Crippen MR) is 267 cm³/mol. The number of anilines is 3. The Labute approximate surface area is 388 Å². The number of benzene rings is 10. The molecule has 0 saturated carbocycles. The highest BCUT2D eigenvalue weighted by Gasteiger charge is 2.55. The van der Waals surface area contributed by atoms with Crippen molar-refractivity contribution in [1.82, 2.24) is 0 Å². The zero-order valence-corrected chi connectivity index (χ0v) is 36.5. The van der Waals surface area contributed by atoms with E-state index in [2.05, 4.69) is 230 Å². The van der Waals surface area contributed by atoms with Gasteiger partial charge in [-0.2, -0.15) is 0 Å². The van der Waals surface area contributed by atoms with Crippen molar-refractivity contribution in [1.29, 1.82) is 0 Å². The van der Waals surface area contributed by atoms with Crippen LogP contribution in [0.1, 0.15) is 68.1 Å². The molecule has 3 heteroatoms. The van der Waals surface area contributed by atoms with Gasteiger partial charge in [-0.15, -0.1) is 0 Å². The minimum atomic E-state index is -0.642. The minimum Gasteiger partial charge on any atom is -0.457 e. The zero-order chi connectivity index (χ0) is 43.8. The summed E-state index contributed by atoms with van der Waals surface area (Å²) in [6, 6.07) is 81.6. The van der Waals surface area contributed by atoms with Crippen molar-refractivity contribution in [2.45, 2.75) is 23.2 Å². The monoisotopic (exact) mass is 853 g/mol. The second-order valence-electron chi connectivity index (χ2n) is 19.2. The molecule has 0 N–H and O–H groups in total. The Morgan fingerprint density at radius 2 is 0.642 bits per heavy atom. The minimum absolute atomic E-state index is 0.542. The van der Waals surface area contributed by atoms with E-state index < -0.39 is 16.2 Å². The molecule has 6 aliphatic rings. The molecule has 0 fully saturated rings. The lowest BCUT2D eigenvalue weighted by atomic mass is 9.64. The van der Waals surface area contributed by atoms with E-state index in [1.165, 1.54) is 77.9 Å². The number of nitrogens with zero attached hydrogens (tertiary/aromatic N) is 1. The van der Waals surface area contributed by atoms with Crippen LogP contribution in [0.5, 0.6) is 23.0 Å². The lowest BCUT2D eigenvalue weighted by Gasteiger charge is -2.42. The number of fused-ring (bicyclic) bond motifs is 18. The molecule has 3 heterocycles. The van der Waals surface area contributed by atoms with Gasteiger partial charge in [0, 0.05) is 50.3 Å². The van der Waals surface area contributed by atoms with Crippen LogP contribution in [0.2, 0.25) is 0 Å². The fraction of sp³-hybridized carbons (Fsp3) is 0.0625. The van der Waals surface area contributed by atoms with Gasteiger partial charge < -0.3 is 14.4 Å². The van der Waals surface area contributed by atoms with E-state index >= 15 is 0 Å². The van der Waals surface area contributed by atoms with Crippen molar-refractivity contribution in [3.63, 3.8) is 0 Å². The van der Waals surface area contributed by atoms with E-state index in [0.717, 1.165) is 56.8 Å². The first kappa shape index (κ1) is 35.9. The van der Waals surface area contributed by atoms with Crippen LogP contribution in [0.3, 0.4) is 0 Å². The Morgan fingerprint density at radius 1 is 0.284 bits per heavy atom. The van der Waals surface area contributed by atoms with Crippen molar-refractivity contribution in [2.75, 3.05) is 4.90 Å². The van der Waals surface area contributed by atoms with Crippen LogP contribution in [0.15, 0.2) is 218 Å². The van der Waals surface area contributed by atoms with Gasteiger partial charge in [0.1, 0.15) is 23.0 Å². The van der Waals surface area contributed by atoms with E-state index in [0.29, 0.717) is 0 Å². The van der Waals surface area contributed by atoms with Crippen LogP contribution >= 0.6 is 0 Å². The SMILES string of the molecule is CC12c3ccccc3-c3ccc(cc31)N(c1ccc3c(c1)C1(c4ccccc4Oc4ccccc41)c1ccccc1-3)c1ccc3c(c1)C1(c4ccccc4Oc4c2cccc41)c1ccccc1-3. The number of rotatable bonds is 1. The summed E-state index contributed by atoms with van der Waals surface area (Å²) in [5.41, 5.74) is 22.5. The first-order valence-electron chi connectivity index (χ1n) is 23.4. The fourth-order valence-corrected chi connectivity index (χ4v) is 13.8. The first-order chi connectivity index (χ1) is 33.1. The highest BCUT2D eigenvalue weighted by Crippen LogP contribution is 2.67. The summed E-state index contributed by atoms with van der Waals surface area (Å²) >= 11 is 0. The third kappa shape index (κ3) is 4.09. The lowest BCUT2D eigenvalue weighted by Crippen LogP contribution is -2.34. The molecule has 0 radical (unpaired) electrons. The Morgan fingerprint density at radius 3 is 1.18 bits per heavy atom. The summed E-state index contributed by atoms with van der Waals surface area (Å²) in [5.74, 6) is 3.62. The maximum absolute atomic E-state index is 7.32. The molecule has 0 aromatic heterocycles. The van der Waals surface area contributed by atoms with Crippen molar-refractivity contribution < 1.29 is 9.47 Å². The summed E-state index contributed by atoms with van der Waals surface area (Å²) in [6.45, 7) is 2.42. The summed E-state index contributed by atoms with van der Waals surface area (Å²) < 4.78 is 14.1. The van der Waals surface area contributed by atoms with E-state index in [-0.39, 0.29) is 0 Å². The van der Waals surface area contributed by atoms with Crippen LogP contribution in [0.25, 0.3) is 33.4 Å². The van der Waals surface area contributed by atoms with Crippen LogP contribution in [-0.2, 0) is 16.2 Å². The summed E-state index contributed by atoms with van der Waals surface area (Å²) in [6.07, 6.45) is 0. The molecule has 8 bridgehead atoms. The lowest BCUT2D eigenvalue weighted by molar-refractivity contribution is 0.424. The summed E-state index contributed by atoms with van der Waals surface area (Å²) in [5, 5.41) is 0. The average Bonchev–Trinajstić information content (AvgIpc) is 3.94. The maximum Gasteiger partial charge on any atom is 0.136 e.